The molecule has 6 heteroatoms. The van der Waals surface area contributed by atoms with Gasteiger partial charge in [-0.25, -0.2) is 10.2 Å². The van der Waals surface area contributed by atoms with Crippen LogP contribution in [0.5, 0.6) is 5.75 Å². The van der Waals surface area contributed by atoms with Crippen LogP contribution in [0.3, 0.4) is 0 Å². The normalized spacial score (nSPS) is 23.4. The maximum Gasteiger partial charge on any atom is 0.427 e. The van der Waals surface area contributed by atoms with Crippen LogP contribution in [-0.4, -0.2) is 44.3 Å². The number of hydrogen-bond donors (Lipinski definition) is 2. The van der Waals surface area contributed by atoms with Gasteiger partial charge in [0.2, 0.25) is 0 Å². The molecule has 1 saturated heterocycles. The van der Waals surface area contributed by atoms with Gasteiger partial charge in [-0.1, -0.05) is 37.3 Å². The van der Waals surface area contributed by atoms with Gasteiger partial charge in [-0.3, -0.25) is 10.3 Å². The molecule has 2 N–H and O–H groups in total. The lowest BCUT2D eigenvalue weighted by Crippen LogP contribution is -2.45. The number of rotatable bonds is 5. The summed E-state index contributed by atoms with van der Waals surface area (Å²) >= 11 is 0. The molecule has 6 nitrogen and oxygen atoms in total. The van der Waals surface area contributed by atoms with Crippen LogP contribution >= 0.6 is 0 Å². The molecule has 0 aromatic heterocycles. The zero-order valence-electron chi connectivity index (χ0n) is 16.7. The molecule has 2 aromatic carbocycles. The van der Waals surface area contributed by atoms with Crippen LogP contribution in [0.25, 0.3) is 0 Å². The summed E-state index contributed by atoms with van der Waals surface area (Å²) in [7, 11) is 4.31. The Morgan fingerprint density at radius 3 is 2.79 bits per heavy atom. The average molecular weight is 380 g/mol. The third kappa shape index (κ3) is 3.34. The Labute approximate surface area is 166 Å². The van der Waals surface area contributed by atoms with E-state index in [1.54, 1.807) is 0 Å². The second-order valence-corrected chi connectivity index (χ2v) is 7.99. The van der Waals surface area contributed by atoms with Crippen molar-refractivity contribution in [3.63, 3.8) is 0 Å². The van der Waals surface area contributed by atoms with E-state index < -0.39 is 6.09 Å². The molecule has 28 heavy (non-hydrogen) atoms. The number of nitrogens with zero attached hydrogens (tertiary/aromatic N) is 2. The van der Waals surface area contributed by atoms with Gasteiger partial charge < -0.3 is 9.64 Å². The fourth-order valence-corrected chi connectivity index (χ4v) is 4.74. The van der Waals surface area contributed by atoms with E-state index >= 15 is 0 Å². The smallest absolute Gasteiger partial charge is 0.409 e. The number of carbonyl (C=O) groups excluding carboxylic acids is 1. The van der Waals surface area contributed by atoms with Crippen LogP contribution in [0.15, 0.2) is 48.5 Å². The summed E-state index contributed by atoms with van der Waals surface area (Å²) in [5.74, 6) is 0.575. The molecule has 0 radical (unpaired) electrons. The van der Waals surface area contributed by atoms with Gasteiger partial charge in [0.05, 0.1) is 6.17 Å². The average Bonchev–Trinajstić information content (AvgIpc) is 3.12. The highest BCUT2D eigenvalue weighted by Gasteiger charge is 2.52. The predicted molar refractivity (Wildman–Crippen MR) is 111 cm³/mol. The number of hydrazine groups is 1. The summed E-state index contributed by atoms with van der Waals surface area (Å²) in [6, 6.07) is 16.1. The first-order chi connectivity index (χ1) is 13.5. The Kier molecular flexibility index (Phi) is 5.00. The van der Waals surface area contributed by atoms with Crippen LogP contribution in [0.1, 0.15) is 24.5 Å². The Balaban J connectivity index is 1.35. The summed E-state index contributed by atoms with van der Waals surface area (Å²) in [5.41, 5.74) is 9.28. The Bertz CT molecular complexity index is 857. The van der Waals surface area contributed by atoms with Gasteiger partial charge in [-0.05, 0) is 49.2 Å². The molecule has 2 aliphatic heterocycles. The fraction of sp³-hybridized carbons (Fsp3) is 0.409. The van der Waals surface area contributed by atoms with Gasteiger partial charge in [0.1, 0.15) is 5.75 Å². The van der Waals surface area contributed by atoms with Crippen molar-refractivity contribution in [2.24, 2.45) is 0 Å². The third-order valence-electron chi connectivity index (χ3n) is 6.08. The van der Waals surface area contributed by atoms with Gasteiger partial charge >= 0.3 is 6.09 Å². The summed E-state index contributed by atoms with van der Waals surface area (Å²) in [6.45, 7) is 4.01. The number of carbonyl (C=O) groups is 1. The Morgan fingerprint density at radius 2 is 2.00 bits per heavy atom. The molecule has 2 heterocycles. The maximum absolute atomic E-state index is 12.1. The largest absolute Gasteiger partial charge is 0.427 e. The highest BCUT2D eigenvalue weighted by atomic mass is 16.6. The van der Waals surface area contributed by atoms with E-state index in [9.17, 15) is 4.79 Å². The van der Waals surface area contributed by atoms with Gasteiger partial charge in [0, 0.05) is 31.2 Å². The van der Waals surface area contributed by atoms with Crippen molar-refractivity contribution in [2.45, 2.75) is 31.3 Å². The van der Waals surface area contributed by atoms with E-state index in [1.165, 1.54) is 16.8 Å². The minimum Gasteiger partial charge on any atom is -0.409 e. The molecule has 0 spiro atoms. The molecule has 2 aliphatic rings. The maximum atomic E-state index is 12.1. The van der Waals surface area contributed by atoms with Crippen molar-refractivity contribution in [1.29, 1.82) is 0 Å². The molecule has 1 amide bonds. The third-order valence-corrected chi connectivity index (χ3v) is 6.08. The first kappa shape index (κ1) is 18.8. The zero-order chi connectivity index (χ0) is 19.7. The second-order valence-electron chi connectivity index (χ2n) is 7.99. The highest BCUT2D eigenvalue weighted by Crippen LogP contribution is 2.51. The molecule has 2 atom stereocenters. The standard InChI is InChI=1S/C22H28N4O2/c1-22-12-14-25(2)20(22)26(3)19-10-9-17(15-18(19)22)28-21(27)24-23-13-11-16-7-5-4-6-8-16/h4-10,15,20,23H,11-14H2,1-3H3,(H,24,27)/t20-,22-/m0/s1. The number of benzene rings is 2. The number of hydrogen-bond acceptors (Lipinski definition) is 5. The van der Waals surface area contributed by atoms with Crippen LogP contribution in [0.4, 0.5) is 10.5 Å². The van der Waals surface area contributed by atoms with Crippen LogP contribution in [0, 0.1) is 0 Å². The molecule has 1 fully saturated rings. The van der Waals surface area contributed by atoms with E-state index in [0.717, 1.165) is 19.4 Å². The van der Waals surface area contributed by atoms with Gasteiger partial charge in [-0.2, -0.15) is 0 Å². The number of fused-ring (bicyclic) bond motifs is 3. The van der Waals surface area contributed by atoms with E-state index in [2.05, 4.69) is 59.9 Å². The van der Waals surface area contributed by atoms with Crippen LogP contribution < -0.4 is 20.5 Å². The lowest BCUT2D eigenvalue weighted by Gasteiger charge is -2.32. The van der Waals surface area contributed by atoms with Gasteiger partial charge in [0.25, 0.3) is 0 Å². The first-order valence-corrected chi connectivity index (χ1v) is 9.81. The van der Waals surface area contributed by atoms with Crippen molar-refractivity contribution in [1.82, 2.24) is 15.8 Å². The number of likely N-dealkylation sites (tertiary alicyclic amines) is 1. The van der Waals surface area contributed by atoms with E-state index in [-0.39, 0.29) is 5.41 Å². The zero-order valence-corrected chi connectivity index (χ0v) is 16.7. The monoisotopic (exact) mass is 380 g/mol. The molecule has 148 valence electrons. The quantitative estimate of drug-likeness (QED) is 0.617. The lowest BCUT2D eigenvalue weighted by atomic mass is 9.81. The van der Waals surface area contributed by atoms with Gasteiger partial charge in [-0.15, -0.1) is 0 Å². The van der Waals surface area contributed by atoms with E-state index in [0.29, 0.717) is 18.5 Å². The van der Waals surface area contributed by atoms with Crippen molar-refractivity contribution >= 4 is 11.8 Å². The second kappa shape index (κ2) is 7.45. The summed E-state index contributed by atoms with van der Waals surface area (Å²) in [5, 5.41) is 0. The molecule has 0 aliphatic carbocycles. The van der Waals surface area contributed by atoms with E-state index in [1.807, 2.05) is 30.3 Å². The number of nitrogens with one attached hydrogen (secondary N) is 2. The number of anilines is 1. The molecule has 0 unspecified atom stereocenters. The predicted octanol–water partition coefficient (Wildman–Crippen LogP) is 2.89. The minimum atomic E-state index is -0.496. The topological polar surface area (TPSA) is 56.8 Å². The summed E-state index contributed by atoms with van der Waals surface area (Å²) in [6.07, 6.45) is 1.79. The molecule has 2 aromatic rings. The van der Waals surface area contributed by atoms with Crippen molar-refractivity contribution in [2.75, 3.05) is 32.1 Å². The Morgan fingerprint density at radius 1 is 1.21 bits per heavy atom. The lowest BCUT2D eigenvalue weighted by molar-refractivity contribution is 0.195. The Hall–Kier alpha value is -2.57. The summed E-state index contributed by atoms with van der Waals surface area (Å²) < 4.78 is 5.50. The van der Waals surface area contributed by atoms with E-state index in [4.69, 9.17) is 4.74 Å². The molecule has 0 saturated carbocycles. The molecular weight excluding hydrogens is 352 g/mol. The van der Waals surface area contributed by atoms with Crippen molar-refractivity contribution in [3.05, 3.63) is 59.7 Å². The summed E-state index contributed by atoms with van der Waals surface area (Å²) in [4.78, 5) is 16.9. The minimum absolute atomic E-state index is 0.0581. The molecule has 4 rings (SSSR count). The highest BCUT2D eigenvalue weighted by molar-refractivity contribution is 5.72. The SMILES string of the molecule is CN1CC[C@@]2(C)c3cc(OC(=O)NNCCc4ccccc4)ccc3N(C)[C@H]12. The van der Waals surface area contributed by atoms with Crippen LogP contribution in [-0.2, 0) is 11.8 Å². The number of amides is 1. The molecule has 0 bridgehead atoms. The number of ether oxygens (including phenoxy) is 1. The van der Waals surface area contributed by atoms with Crippen molar-refractivity contribution < 1.29 is 9.53 Å². The van der Waals surface area contributed by atoms with Gasteiger partial charge in [0.15, 0.2) is 0 Å². The fourth-order valence-electron chi connectivity index (χ4n) is 4.74. The number of likely N-dealkylation sites (N-methyl/N-ethyl adjacent to an activating group) is 2. The van der Waals surface area contributed by atoms with Crippen LogP contribution in [0.2, 0.25) is 0 Å². The van der Waals surface area contributed by atoms with Crippen molar-refractivity contribution in [3.8, 4) is 5.75 Å². The molecular formula is C22H28N4O2. The first-order valence-electron chi connectivity index (χ1n) is 9.81.